The van der Waals surface area contributed by atoms with Crippen LogP contribution in [-0.4, -0.2) is 17.1 Å². The number of unbranched alkanes of at least 4 members (excludes halogenated alkanes) is 1. The van der Waals surface area contributed by atoms with Crippen molar-refractivity contribution in [3.05, 3.63) is 12.2 Å². The first-order valence-corrected chi connectivity index (χ1v) is 3.33. The molecule has 0 amide bonds. The monoisotopic (exact) mass is 143 g/mol. The average Bonchev–Trinajstić information content (AvgIpc) is 1.88. The number of hydrogen-bond acceptors (Lipinski definition) is 2. The van der Waals surface area contributed by atoms with E-state index in [4.69, 9.17) is 10.8 Å². The predicted octanol–water partition coefficient (Wildman–Crippen LogP) is 0.755. The van der Waals surface area contributed by atoms with Crippen molar-refractivity contribution in [3.63, 3.8) is 0 Å². The van der Waals surface area contributed by atoms with Crippen LogP contribution in [0.3, 0.4) is 0 Å². The lowest BCUT2D eigenvalue weighted by Gasteiger charge is -1.96. The van der Waals surface area contributed by atoms with Gasteiger partial charge in [-0.25, -0.2) is 0 Å². The molecule has 3 N–H and O–H groups in total. The number of carbonyl (C=O) groups is 1. The molecule has 0 unspecified atom stereocenters. The molecule has 0 aromatic rings. The molecule has 0 spiro atoms. The highest BCUT2D eigenvalue weighted by Crippen LogP contribution is 1.90. The van der Waals surface area contributed by atoms with E-state index in [1.807, 2.05) is 6.92 Å². The van der Waals surface area contributed by atoms with Crippen molar-refractivity contribution in [3.8, 4) is 0 Å². The lowest BCUT2D eigenvalue weighted by molar-refractivity contribution is -0.137. The van der Waals surface area contributed by atoms with E-state index in [9.17, 15) is 4.79 Å². The molecule has 0 radical (unpaired) electrons. The van der Waals surface area contributed by atoms with Gasteiger partial charge in [0.1, 0.15) is 6.04 Å². The topological polar surface area (TPSA) is 63.3 Å². The summed E-state index contributed by atoms with van der Waals surface area (Å²) in [5, 5.41) is 8.31. The molecule has 0 heterocycles. The van der Waals surface area contributed by atoms with Crippen LogP contribution in [-0.2, 0) is 4.79 Å². The lowest BCUT2D eigenvalue weighted by Crippen LogP contribution is -2.27. The fraction of sp³-hybridized carbons (Fsp3) is 0.571. The SMILES string of the molecule is CCC/C=C/[C@H](N)C(=O)O. The quantitative estimate of drug-likeness (QED) is 0.571. The molecule has 0 rings (SSSR count). The second kappa shape index (κ2) is 4.99. The normalized spacial score (nSPS) is 13.8. The molecule has 0 aromatic carbocycles. The van der Waals surface area contributed by atoms with Gasteiger partial charge in [0.05, 0.1) is 0 Å². The Morgan fingerprint density at radius 1 is 1.80 bits per heavy atom. The van der Waals surface area contributed by atoms with Crippen LogP contribution >= 0.6 is 0 Å². The van der Waals surface area contributed by atoms with Crippen molar-refractivity contribution in [1.82, 2.24) is 0 Å². The highest BCUT2D eigenvalue weighted by atomic mass is 16.4. The summed E-state index contributed by atoms with van der Waals surface area (Å²) in [7, 11) is 0. The zero-order chi connectivity index (χ0) is 7.98. The minimum absolute atomic E-state index is 0.841. The van der Waals surface area contributed by atoms with Crippen LogP contribution in [0.5, 0.6) is 0 Å². The molecule has 1 atom stereocenters. The Labute approximate surface area is 60.5 Å². The van der Waals surface area contributed by atoms with Crippen LogP contribution in [0.2, 0.25) is 0 Å². The highest BCUT2D eigenvalue weighted by molar-refractivity contribution is 5.75. The molecule has 3 heteroatoms. The molecule has 0 bridgehead atoms. The number of carboxylic acid groups (broad SMARTS) is 1. The second-order valence-corrected chi connectivity index (χ2v) is 2.08. The van der Waals surface area contributed by atoms with Crippen LogP contribution in [0.15, 0.2) is 12.2 Å². The first-order chi connectivity index (χ1) is 4.68. The van der Waals surface area contributed by atoms with Crippen molar-refractivity contribution in [2.75, 3.05) is 0 Å². The molecule has 0 fully saturated rings. The molecule has 0 aliphatic carbocycles. The first-order valence-electron chi connectivity index (χ1n) is 3.33. The fourth-order valence-electron chi connectivity index (χ4n) is 0.492. The number of hydrogen-bond donors (Lipinski definition) is 2. The highest BCUT2D eigenvalue weighted by Gasteiger charge is 2.04. The third kappa shape index (κ3) is 4.09. The maximum absolute atomic E-state index is 10.1. The molecule has 0 aliphatic rings. The number of nitrogens with two attached hydrogens (primary N) is 1. The van der Waals surface area contributed by atoms with Crippen molar-refractivity contribution >= 4 is 5.97 Å². The van der Waals surface area contributed by atoms with Gasteiger partial charge in [-0.15, -0.1) is 0 Å². The molecule has 10 heavy (non-hydrogen) atoms. The van der Waals surface area contributed by atoms with Gasteiger partial charge in [-0.2, -0.15) is 0 Å². The van der Waals surface area contributed by atoms with Crippen LogP contribution < -0.4 is 5.73 Å². The third-order valence-electron chi connectivity index (χ3n) is 1.08. The molecule has 3 nitrogen and oxygen atoms in total. The van der Waals surface area contributed by atoms with E-state index in [1.54, 1.807) is 6.08 Å². The van der Waals surface area contributed by atoms with E-state index in [0.717, 1.165) is 12.8 Å². The Hall–Kier alpha value is -0.830. The Kier molecular flexibility index (Phi) is 4.58. The van der Waals surface area contributed by atoms with Crippen molar-refractivity contribution < 1.29 is 9.90 Å². The van der Waals surface area contributed by atoms with Crippen LogP contribution in [0.25, 0.3) is 0 Å². The maximum Gasteiger partial charge on any atom is 0.324 e. The van der Waals surface area contributed by atoms with Gasteiger partial charge in [0.2, 0.25) is 0 Å². The molecule has 0 saturated heterocycles. The zero-order valence-electron chi connectivity index (χ0n) is 6.08. The minimum Gasteiger partial charge on any atom is -0.480 e. The number of aliphatic carboxylic acids is 1. The summed E-state index contributed by atoms with van der Waals surface area (Å²) in [6.07, 6.45) is 5.20. The van der Waals surface area contributed by atoms with Gasteiger partial charge in [-0.3, -0.25) is 4.79 Å². The van der Waals surface area contributed by atoms with Gasteiger partial charge >= 0.3 is 5.97 Å². The van der Waals surface area contributed by atoms with E-state index in [0.29, 0.717) is 0 Å². The van der Waals surface area contributed by atoms with Gasteiger partial charge in [0.25, 0.3) is 0 Å². The van der Waals surface area contributed by atoms with Gasteiger partial charge in [0, 0.05) is 0 Å². The molecule has 0 aliphatic heterocycles. The summed E-state index contributed by atoms with van der Waals surface area (Å²) < 4.78 is 0. The van der Waals surface area contributed by atoms with E-state index in [-0.39, 0.29) is 0 Å². The lowest BCUT2D eigenvalue weighted by atomic mass is 10.2. The standard InChI is InChI=1S/C7H13NO2/c1-2-3-4-5-6(8)7(9)10/h4-6H,2-3,8H2,1H3,(H,9,10)/b5-4+/t6-/m0/s1. The van der Waals surface area contributed by atoms with Crippen molar-refractivity contribution in [1.29, 1.82) is 0 Å². The Morgan fingerprint density at radius 2 is 2.40 bits per heavy atom. The summed E-state index contributed by atoms with van der Waals surface area (Å²) in [5.41, 5.74) is 5.17. The summed E-state index contributed by atoms with van der Waals surface area (Å²) in [4.78, 5) is 10.1. The summed E-state index contributed by atoms with van der Waals surface area (Å²) in [5.74, 6) is -0.979. The second-order valence-electron chi connectivity index (χ2n) is 2.08. The van der Waals surface area contributed by atoms with Crippen LogP contribution in [0.1, 0.15) is 19.8 Å². The summed E-state index contributed by atoms with van der Waals surface area (Å²) in [6, 6.07) is -0.841. The molecule has 0 saturated carbocycles. The third-order valence-corrected chi connectivity index (χ3v) is 1.08. The van der Waals surface area contributed by atoms with E-state index in [2.05, 4.69) is 0 Å². The van der Waals surface area contributed by atoms with Gasteiger partial charge < -0.3 is 10.8 Å². The Balaban J connectivity index is 3.55. The fourth-order valence-corrected chi connectivity index (χ4v) is 0.492. The number of carboxylic acids is 1. The molecule has 58 valence electrons. The first kappa shape index (κ1) is 9.17. The van der Waals surface area contributed by atoms with Gasteiger partial charge in [-0.05, 0) is 6.42 Å². The summed E-state index contributed by atoms with van der Waals surface area (Å²) >= 11 is 0. The molecular formula is C7H13NO2. The van der Waals surface area contributed by atoms with E-state index < -0.39 is 12.0 Å². The van der Waals surface area contributed by atoms with E-state index >= 15 is 0 Å². The zero-order valence-corrected chi connectivity index (χ0v) is 6.08. The maximum atomic E-state index is 10.1. The van der Waals surface area contributed by atoms with Crippen molar-refractivity contribution in [2.45, 2.75) is 25.8 Å². The number of allylic oxidation sites excluding steroid dienone is 1. The van der Waals surface area contributed by atoms with Gasteiger partial charge in [0.15, 0.2) is 0 Å². The predicted molar refractivity (Wildman–Crippen MR) is 39.7 cm³/mol. The largest absolute Gasteiger partial charge is 0.480 e. The van der Waals surface area contributed by atoms with Crippen LogP contribution in [0.4, 0.5) is 0 Å². The summed E-state index contributed by atoms with van der Waals surface area (Å²) in [6.45, 7) is 2.02. The van der Waals surface area contributed by atoms with E-state index in [1.165, 1.54) is 6.08 Å². The molecular weight excluding hydrogens is 130 g/mol. The minimum atomic E-state index is -0.979. The Bertz CT molecular complexity index is 132. The van der Waals surface area contributed by atoms with Gasteiger partial charge in [-0.1, -0.05) is 25.5 Å². The smallest absolute Gasteiger partial charge is 0.324 e. The van der Waals surface area contributed by atoms with Crippen molar-refractivity contribution in [2.24, 2.45) is 5.73 Å². The average molecular weight is 143 g/mol. The Morgan fingerprint density at radius 3 is 2.80 bits per heavy atom. The van der Waals surface area contributed by atoms with Crippen LogP contribution in [0, 0.1) is 0 Å². The molecule has 0 aromatic heterocycles. The number of rotatable bonds is 4.